The van der Waals surface area contributed by atoms with Gasteiger partial charge in [0.2, 0.25) is 0 Å². The highest BCUT2D eigenvalue weighted by Crippen LogP contribution is 2.31. The van der Waals surface area contributed by atoms with E-state index < -0.39 is 0 Å². The van der Waals surface area contributed by atoms with E-state index in [2.05, 4.69) is 24.3 Å². The number of nitrogens with zero attached hydrogens (tertiary/aromatic N) is 1. The number of carbonyl (C=O) groups is 1. The highest BCUT2D eigenvalue weighted by molar-refractivity contribution is 5.99. The molecule has 0 unspecified atom stereocenters. The van der Waals surface area contributed by atoms with E-state index in [1.807, 2.05) is 17.9 Å². The summed E-state index contributed by atoms with van der Waals surface area (Å²) in [6.07, 6.45) is 1.90. The summed E-state index contributed by atoms with van der Waals surface area (Å²) in [5, 5.41) is 0.669. The third-order valence-electron chi connectivity index (χ3n) is 5.15. The zero-order valence-corrected chi connectivity index (χ0v) is 14.2. The molecule has 25 heavy (non-hydrogen) atoms. The minimum Gasteiger partial charge on any atom is -0.451 e. The van der Waals surface area contributed by atoms with E-state index in [1.165, 1.54) is 17.7 Å². The largest absolute Gasteiger partial charge is 0.451 e. The Hall–Kier alpha value is -2.62. The number of aryl methyl sites for hydroxylation is 1. The van der Waals surface area contributed by atoms with Crippen molar-refractivity contribution in [3.05, 3.63) is 71.2 Å². The maximum Gasteiger partial charge on any atom is 0.289 e. The topological polar surface area (TPSA) is 33.5 Å². The van der Waals surface area contributed by atoms with Gasteiger partial charge in [-0.1, -0.05) is 30.3 Å². The van der Waals surface area contributed by atoms with Crippen LogP contribution in [-0.2, 0) is 0 Å². The van der Waals surface area contributed by atoms with Gasteiger partial charge in [-0.3, -0.25) is 4.79 Å². The van der Waals surface area contributed by atoms with Gasteiger partial charge in [0.25, 0.3) is 5.91 Å². The molecule has 0 atom stereocenters. The first-order chi connectivity index (χ1) is 12.1. The van der Waals surface area contributed by atoms with Crippen molar-refractivity contribution in [3.8, 4) is 0 Å². The van der Waals surface area contributed by atoms with E-state index in [9.17, 15) is 9.18 Å². The summed E-state index contributed by atoms with van der Waals surface area (Å²) in [4.78, 5) is 14.7. The number of halogens is 1. The Morgan fingerprint density at radius 1 is 1.12 bits per heavy atom. The summed E-state index contributed by atoms with van der Waals surface area (Å²) in [7, 11) is 0. The highest BCUT2D eigenvalue weighted by Gasteiger charge is 2.28. The second-order valence-corrected chi connectivity index (χ2v) is 6.67. The third kappa shape index (κ3) is 2.93. The molecule has 128 valence electrons. The number of furan rings is 1. The Bertz CT molecular complexity index is 908. The molecule has 4 rings (SSSR count). The zero-order valence-electron chi connectivity index (χ0n) is 14.2. The Labute approximate surface area is 146 Å². The molecule has 3 nitrogen and oxygen atoms in total. The van der Waals surface area contributed by atoms with Crippen LogP contribution in [0.1, 0.15) is 40.4 Å². The molecule has 1 amide bonds. The van der Waals surface area contributed by atoms with Crippen molar-refractivity contribution in [2.24, 2.45) is 0 Å². The SMILES string of the molecule is Cc1c(C(=O)N2CCC(c3ccccc3)CC2)oc2ccc(F)cc12. The Balaban J connectivity index is 1.52. The molecule has 1 aromatic heterocycles. The van der Waals surface area contributed by atoms with Crippen LogP contribution < -0.4 is 0 Å². The van der Waals surface area contributed by atoms with Crippen LogP contribution in [0.4, 0.5) is 4.39 Å². The standard InChI is InChI=1S/C21H20FNO2/c1-14-18-13-17(22)7-8-19(18)25-20(14)21(24)23-11-9-16(10-12-23)15-5-3-2-4-6-15/h2-8,13,16H,9-12H2,1H3. The van der Waals surface area contributed by atoms with Gasteiger partial charge in [0.15, 0.2) is 5.76 Å². The van der Waals surface area contributed by atoms with E-state index in [0.29, 0.717) is 41.3 Å². The monoisotopic (exact) mass is 337 g/mol. The fraction of sp³-hybridized carbons (Fsp3) is 0.286. The molecular weight excluding hydrogens is 317 g/mol. The summed E-state index contributed by atoms with van der Waals surface area (Å²) in [6.45, 7) is 3.24. The van der Waals surface area contributed by atoms with Crippen LogP contribution in [0, 0.1) is 12.7 Å². The smallest absolute Gasteiger partial charge is 0.289 e. The van der Waals surface area contributed by atoms with Gasteiger partial charge < -0.3 is 9.32 Å². The maximum atomic E-state index is 13.4. The van der Waals surface area contributed by atoms with Crippen LogP contribution in [0.25, 0.3) is 11.0 Å². The van der Waals surface area contributed by atoms with E-state index >= 15 is 0 Å². The predicted octanol–water partition coefficient (Wildman–Crippen LogP) is 4.90. The number of amides is 1. The molecule has 2 heterocycles. The molecule has 0 aliphatic carbocycles. The number of rotatable bonds is 2. The molecule has 0 saturated carbocycles. The molecule has 0 N–H and O–H groups in total. The fourth-order valence-corrected chi connectivity index (χ4v) is 3.68. The lowest BCUT2D eigenvalue weighted by Gasteiger charge is -2.31. The second-order valence-electron chi connectivity index (χ2n) is 6.67. The first-order valence-corrected chi connectivity index (χ1v) is 8.66. The van der Waals surface area contributed by atoms with Gasteiger partial charge in [-0.25, -0.2) is 4.39 Å². The van der Waals surface area contributed by atoms with Crippen molar-refractivity contribution in [3.63, 3.8) is 0 Å². The van der Waals surface area contributed by atoms with Crippen molar-refractivity contribution < 1.29 is 13.6 Å². The van der Waals surface area contributed by atoms with Crippen LogP contribution in [0.5, 0.6) is 0 Å². The van der Waals surface area contributed by atoms with E-state index in [4.69, 9.17) is 4.42 Å². The average molecular weight is 337 g/mol. The van der Waals surface area contributed by atoms with Gasteiger partial charge in [0, 0.05) is 24.0 Å². The number of hydrogen-bond acceptors (Lipinski definition) is 2. The number of likely N-dealkylation sites (tertiary alicyclic amines) is 1. The summed E-state index contributed by atoms with van der Waals surface area (Å²) in [5.41, 5.74) is 2.61. The number of benzene rings is 2. The molecule has 3 aromatic rings. The van der Waals surface area contributed by atoms with Crippen LogP contribution in [0.3, 0.4) is 0 Å². The van der Waals surface area contributed by atoms with Gasteiger partial charge in [-0.05, 0) is 49.4 Å². The van der Waals surface area contributed by atoms with Gasteiger partial charge in [-0.2, -0.15) is 0 Å². The fourth-order valence-electron chi connectivity index (χ4n) is 3.68. The Kier molecular flexibility index (Phi) is 4.04. The average Bonchev–Trinajstić information content (AvgIpc) is 2.98. The molecule has 0 radical (unpaired) electrons. The zero-order chi connectivity index (χ0) is 17.4. The highest BCUT2D eigenvalue weighted by atomic mass is 19.1. The van der Waals surface area contributed by atoms with E-state index in [0.717, 1.165) is 12.8 Å². The summed E-state index contributed by atoms with van der Waals surface area (Å²) < 4.78 is 19.2. The lowest BCUT2D eigenvalue weighted by Crippen LogP contribution is -2.38. The molecule has 1 aliphatic heterocycles. The first-order valence-electron chi connectivity index (χ1n) is 8.66. The first kappa shape index (κ1) is 15.9. The molecule has 2 aromatic carbocycles. The normalized spacial score (nSPS) is 15.7. The Morgan fingerprint density at radius 2 is 1.84 bits per heavy atom. The number of hydrogen-bond donors (Lipinski definition) is 0. The van der Waals surface area contributed by atoms with Crippen molar-refractivity contribution >= 4 is 16.9 Å². The summed E-state index contributed by atoms with van der Waals surface area (Å²) in [5.74, 6) is 0.412. The van der Waals surface area contributed by atoms with Crippen LogP contribution in [0.2, 0.25) is 0 Å². The van der Waals surface area contributed by atoms with Gasteiger partial charge in [0.1, 0.15) is 11.4 Å². The van der Waals surface area contributed by atoms with Crippen LogP contribution in [-0.4, -0.2) is 23.9 Å². The minimum atomic E-state index is -0.320. The Morgan fingerprint density at radius 3 is 2.56 bits per heavy atom. The van der Waals surface area contributed by atoms with Gasteiger partial charge in [-0.15, -0.1) is 0 Å². The minimum absolute atomic E-state index is 0.0966. The van der Waals surface area contributed by atoms with E-state index in [-0.39, 0.29) is 11.7 Å². The van der Waals surface area contributed by atoms with Gasteiger partial charge >= 0.3 is 0 Å². The molecule has 1 aliphatic rings. The quantitative estimate of drug-likeness (QED) is 0.666. The molecule has 4 heteroatoms. The van der Waals surface area contributed by atoms with Crippen LogP contribution in [0.15, 0.2) is 52.9 Å². The van der Waals surface area contributed by atoms with Crippen molar-refractivity contribution in [2.45, 2.75) is 25.7 Å². The van der Waals surface area contributed by atoms with Crippen molar-refractivity contribution in [1.29, 1.82) is 0 Å². The van der Waals surface area contributed by atoms with Crippen molar-refractivity contribution in [1.82, 2.24) is 4.90 Å². The number of fused-ring (bicyclic) bond motifs is 1. The third-order valence-corrected chi connectivity index (χ3v) is 5.15. The number of piperidine rings is 1. The summed E-state index contributed by atoms with van der Waals surface area (Å²) in [6, 6.07) is 14.8. The second kappa shape index (κ2) is 6.36. The number of carbonyl (C=O) groups excluding carboxylic acids is 1. The molecular formula is C21H20FNO2. The van der Waals surface area contributed by atoms with E-state index in [1.54, 1.807) is 6.07 Å². The molecule has 0 spiro atoms. The maximum absolute atomic E-state index is 13.4. The predicted molar refractivity (Wildman–Crippen MR) is 95.2 cm³/mol. The lowest BCUT2D eigenvalue weighted by atomic mass is 9.89. The summed E-state index contributed by atoms with van der Waals surface area (Å²) >= 11 is 0. The molecule has 1 fully saturated rings. The van der Waals surface area contributed by atoms with Crippen molar-refractivity contribution in [2.75, 3.05) is 13.1 Å². The molecule has 1 saturated heterocycles. The van der Waals surface area contributed by atoms with Gasteiger partial charge in [0.05, 0.1) is 0 Å². The lowest BCUT2D eigenvalue weighted by molar-refractivity contribution is 0.0682. The molecule has 0 bridgehead atoms. The van der Waals surface area contributed by atoms with Crippen LogP contribution >= 0.6 is 0 Å².